The van der Waals surface area contributed by atoms with Crippen molar-refractivity contribution in [3.63, 3.8) is 0 Å². The summed E-state index contributed by atoms with van der Waals surface area (Å²) in [4.78, 5) is 24.2. The Kier molecular flexibility index (Phi) is 5.29. The van der Waals surface area contributed by atoms with Crippen molar-refractivity contribution in [2.24, 2.45) is 23.7 Å². The average Bonchev–Trinajstić information content (AvgIpc) is 2.86. The summed E-state index contributed by atoms with van der Waals surface area (Å²) in [6.07, 6.45) is 6.22. The highest BCUT2D eigenvalue weighted by molar-refractivity contribution is 5.69. The zero-order valence-corrected chi connectivity index (χ0v) is 17.1. The van der Waals surface area contributed by atoms with Gasteiger partial charge < -0.3 is 14.2 Å². The van der Waals surface area contributed by atoms with Gasteiger partial charge in [-0.05, 0) is 44.4 Å². The molecule has 5 fully saturated rings. The number of carbonyl (C=O) groups is 1. The van der Waals surface area contributed by atoms with Gasteiger partial charge in [-0.15, -0.1) is 0 Å². The minimum Gasteiger partial charge on any atom is -0.435 e. The van der Waals surface area contributed by atoms with Gasteiger partial charge in [-0.25, -0.2) is 9.78 Å². The van der Waals surface area contributed by atoms with Crippen molar-refractivity contribution in [3.05, 3.63) is 0 Å². The minimum atomic E-state index is -0.798. The monoisotopic (exact) mass is 382 g/mol. The first-order valence-corrected chi connectivity index (χ1v) is 10.8. The third kappa shape index (κ3) is 3.22. The van der Waals surface area contributed by atoms with E-state index in [4.69, 9.17) is 24.0 Å². The van der Waals surface area contributed by atoms with E-state index in [-0.39, 0.29) is 17.8 Å². The highest BCUT2D eigenvalue weighted by atomic mass is 17.3. The third-order valence-corrected chi connectivity index (χ3v) is 7.33. The van der Waals surface area contributed by atoms with Crippen LogP contribution in [0.1, 0.15) is 79.1 Å². The maximum absolute atomic E-state index is 12.3. The highest BCUT2D eigenvalue weighted by Gasteiger charge is 2.69. The molecule has 1 spiro atoms. The van der Waals surface area contributed by atoms with Crippen molar-refractivity contribution >= 4 is 5.97 Å². The fourth-order valence-electron chi connectivity index (χ4n) is 5.71. The molecule has 6 heteroatoms. The molecule has 27 heavy (non-hydrogen) atoms. The summed E-state index contributed by atoms with van der Waals surface area (Å²) in [6.45, 7) is 8.43. The first kappa shape index (κ1) is 19.6. The van der Waals surface area contributed by atoms with Crippen molar-refractivity contribution in [3.8, 4) is 0 Å². The second-order valence-electron chi connectivity index (χ2n) is 9.22. The van der Waals surface area contributed by atoms with Crippen LogP contribution >= 0.6 is 0 Å². The van der Waals surface area contributed by atoms with Crippen molar-refractivity contribution < 1.29 is 28.8 Å². The van der Waals surface area contributed by atoms with Gasteiger partial charge in [0.2, 0.25) is 12.1 Å². The summed E-state index contributed by atoms with van der Waals surface area (Å²) in [5.74, 6) is 0.108. The van der Waals surface area contributed by atoms with Gasteiger partial charge in [-0.1, -0.05) is 33.6 Å². The summed E-state index contributed by atoms with van der Waals surface area (Å²) in [5.41, 5.74) is -0.599. The molecule has 1 aliphatic carbocycles. The molecule has 0 N–H and O–H groups in total. The number of hydrogen-bond donors (Lipinski definition) is 0. The van der Waals surface area contributed by atoms with Crippen LogP contribution in [0.4, 0.5) is 0 Å². The van der Waals surface area contributed by atoms with Gasteiger partial charge in [0.05, 0.1) is 0 Å². The number of hydrogen-bond acceptors (Lipinski definition) is 6. The van der Waals surface area contributed by atoms with E-state index in [0.717, 1.165) is 44.9 Å². The molecule has 154 valence electrons. The predicted octanol–water partition coefficient (Wildman–Crippen LogP) is 4.32. The molecular formula is C21H34O6. The van der Waals surface area contributed by atoms with E-state index < -0.39 is 24.0 Å². The highest BCUT2D eigenvalue weighted by Crippen LogP contribution is 2.60. The van der Waals surface area contributed by atoms with Crippen LogP contribution in [0.25, 0.3) is 0 Å². The fraction of sp³-hybridized carbons (Fsp3) is 0.952. The molecule has 8 unspecified atom stereocenters. The molecule has 0 radical (unpaired) electrons. The average molecular weight is 382 g/mol. The number of rotatable bonds is 5. The molecule has 0 amide bonds. The van der Waals surface area contributed by atoms with Crippen LogP contribution in [-0.4, -0.2) is 29.9 Å². The molecule has 4 heterocycles. The topological polar surface area (TPSA) is 63.2 Å². The standard InChI is InChI=1S/C21H34O6/c1-5-6-7-8-17(22)23-18-14(3)16-10-9-13(2)15-11-12-20(4)25-19(24-18)21(15,16)27-26-20/h13-16,18-19H,5-12H2,1-4H3. The maximum Gasteiger partial charge on any atom is 0.308 e. The van der Waals surface area contributed by atoms with Gasteiger partial charge in [-0.3, -0.25) is 4.79 Å². The minimum absolute atomic E-state index is 0.0426. The van der Waals surface area contributed by atoms with Gasteiger partial charge in [0.25, 0.3) is 0 Å². The first-order chi connectivity index (χ1) is 12.9. The van der Waals surface area contributed by atoms with Crippen LogP contribution < -0.4 is 0 Å². The largest absolute Gasteiger partial charge is 0.435 e. The van der Waals surface area contributed by atoms with E-state index in [2.05, 4.69) is 20.8 Å². The fourth-order valence-corrected chi connectivity index (χ4v) is 5.71. The molecule has 0 aromatic heterocycles. The lowest BCUT2D eigenvalue weighted by atomic mass is 9.58. The Morgan fingerprint density at radius 2 is 1.93 bits per heavy atom. The quantitative estimate of drug-likeness (QED) is 0.401. The van der Waals surface area contributed by atoms with Gasteiger partial charge in [0.15, 0.2) is 11.9 Å². The van der Waals surface area contributed by atoms with Gasteiger partial charge in [0, 0.05) is 24.7 Å². The molecule has 5 aliphatic rings. The molecule has 2 bridgehead atoms. The number of ether oxygens (including phenoxy) is 3. The van der Waals surface area contributed by atoms with Crippen LogP contribution in [0.2, 0.25) is 0 Å². The van der Waals surface area contributed by atoms with E-state index in [9.17, 15) is 4.79 Å². The second kappa shape index (κ2) is 7.29. The van der Waals surface area contributed by atoms with Gasteiger partial charge in [-0.2, -0.15) is 0 Å². The molecule has 0 aromatic rings. The van der Waals surface area contributed by atoms with Crippen molar-refractivity contribution in [2.75, 3.05) is 0 Å². The molecule has 4 aliphatic heterocycles. The van der Waals surface area contributed by atoms with E-state index >= 15 is 0 Å². The summed E-state index contributed by atoms with van der Waals surface area (Å²) in [5, 5.41) is 0. The van der Waals surface area contributed by atoms with Crippen LogP contribution in [-0.2, 0) is 28.8 Å². The zero-order chi connectivity index (χ0) is 19.2. The third-order valence-electron chi connectivity index (χ3n) is 7.33. The Hall–Kier alpha value is -0.690. The number of unbranched alkanes of at least 4 members (excludes halogenated alkanes) is 2. The van der Waals surface area contributed by atoms with E-state index in [1.165, 1.54) is 0 Å². The van der Waals surface area contributed by atoms with Crippen molar-refractivity contribution in [1.29, 1.82) is 0 Å². The second-order valence-corrected chi connectivity index (χ2v) is 9.22. The zero-order valence-electron chi connectivity index (χ0n) is 17.1. The number of esters is 1. The van der Waals surface area contributed by atoms with Crippen molar-refractivity contribution in [2.45, 2.75) is 103 Å². The summed E-state index contributed by atoms with van der Waals surface area (Å²) in [7, 11) is 0. The Morgan fingerprint density at radius 3 is 2.70 bits per heavy atom. The SMILES string of the molecule is CCCCCC(=O)OC1OC2OC3(C)CCC4C(C)CCC(C1C)C24OO3. The molecule has 5 rings (SSSR count). The summed E-state index contributed by atoms with van der Waals surface area (Å²) in [6, 6.07) is 0. The van der Waals surface area contributed by atoms with Crippen LogP contribution in [0.3, 0.4) is 0 Å². The number of fused-ring (bicyclic) bond motifs is 2. The molecule has 0 aromatic carbocycles. The first-order valence-electron chi connectivity index (χ1n) is 10.8. The van der Waals surface area contributed by atoms with Gasteiger partial charge in [0.1, 0.15) is 0 Å². The van der Waals surface area contributed by atoms with E-state index in [1.54, 1.807) is 0 Å². The smallest absolute Gasteiger partial charge is 0.308 e. The van der Waals surface area contributed by atoms with Crippen LogP contribution in [0.15, 0.2) is 0 Å². The van der Waals surface area contributed by atoms with Gasteiger partial charge >= 0.3 is 5.97 Å². The lowest BCUT2D eigenvalue weighted by Crippen LogP contribution is -2.70. The molecule has 6 nitrogen and oxygen atoms in total. The lowest BCUT2D eigenvalue weighted by molar-refractivity contribution is -0.576. The van der Waals surface area contributed by atoms with E-state index in [1.807, 2.05) is 6.92 Å². The lowest BCUT2D eigenvalue weighted by Gasteiger charge is -2.59. The van der Waals surface area contributed by atoms with Crippen LogP contribution in [0.5, 0.6) is 0 Å². The summed E-state index contributed by atoms with van der Waals surface area (Å²) < 4.78 is 18.3. The van der Waals surface area contributed by atoms with E-state index in [0.29, 0.717) is 18.3 Å². The van der Waals surface area contributed by atoms with Crippen molar-refractivity contribution in [1.82, 2.24) is 0 Å². The molecule has 8 atom stereocenters. The Morgan fingerprint density at radius 1 is 1.11 bits per heavy atom. The Bertz CT molecular complexity index is 567. The maximum atomic E-state index is 12.3. The Labute approximate surface area is 162 Å². The normalized spacial score (nSPS) is 48.6. The van der Waals surface area contributed by atoms with Crippen LogP contribution in [0, 0.1) is 23.7 Å². The molecule has 4 saturated heterocycles. The summed E-state index contributed by atoms with van der Waals surface area (Å²) >= 11 is 0. The molecule has 1 saturated carbocycles. The molecular weight excluding hydrogens is 348 g/mol. The Balaban J connectivity index is 1.56. The predicted molar refractivity (Wildman–Crippen MR) is 97.1 cm³/mol. The number of carbonyl (C=O) groups excluding carboxylic acids is 1.